The third-order valence-corrected chi connectivity index (χ3v) is 5.54. The fraction of sp³-hybridized carbons (Fsp3) is 0.259. The fourth-order valence-electron chi connectivity index (χ4n) is 3.77. The predicted octanol–water partition coefficient (Wildman–Crippen LogP) is 6.63. The van der Waals surface area contributed by atoms with Crippen molar-refractivity contribution < 1.29 is 4.74 Å². The van der Waals surface area contributed by atoms with E-state index in [2.05, 4.69) is 104 Å². The number of hydrogen-bond donors (Lipinski definition) is 0. The Kier molecular flexibility index (Phi) is 7.73. The second kappa shape index (κ2) is 10.5. The molecule has 0 radical (unpaired) electrons. The fourth-order valence-corrected chi connectivity index (χ4v) is 3.77. The largest absolute Gasteiger partial charge is 0.493 e. The van der Waals surface area contributed by atoms with Crippen LogP contribution in [0.5, 0.6) is 5.75 Å². The third kappa shape index (κ3) is 5.53. The molecule has 2 nitrogen and oxygen atoms in total. The summed E-state index contributed by atoms with van der Waals surface area (Å²) in [5, 5.41) is 0. The number of halogens is 1. The lowest BCUT2D eigenvalue weighted by Gasteiger charge is -2.25. The van der Waals surface area contributed by atoms with Crippen LogP contribution in [0, 0.1) is 0 Å². The minimum absolute atomic E-state index is 0. The lowest BCUT2D eigenvalue weighted by atomic mass is 10.0. The van der Waals surface area contributed by atoms with Gasteiger partial charge in [0.25, 0.3) is 0 Å². The van der Waals surface area contributed by atoms with Crippen LogP contribution in [0.4, 0.5) is 0 Å². The van der Waals surface area contributed by atoms with Crippen molar-refractivity contribution in [2.45, 2.75) is 32.9 Å². The van der Waals surface area contributed by atoms with Crippen molar-refractivity contribution >= 4 is 18.5 Å². The maximum Gasteiger partial charge on any atom is 0.122 e. The standard InChI is InChI=1S/C27H29NO.ClH/c1-21(2)28(20-23-12-15-27-26(19-23)16-18-29-27)17-6-7-22-10-13-25(14-11-22)24-8-4-3-5-9-24;/h3-15,19,21H,16-18,20H2,1-2H3;1H/b7-6+;. The van der Waals surface area contributed by atoms with E-state index in [-0.39, 0.29) is 12.4 Å². The number of hydrogen-bond acceptors (Lipinski definition) is 2. The van der Waals surface area contributed by atoms with Gasteiger partial charge in [-0.3, -0.25) is 4.90 Å². The highest BCUT2D eigenvalue weighted by molar-refractivity contribution is 5.85. The van der Waals surface area contributed by atoms with Gasteiger partial charge in [-0.1, -0.05) is 78.9 Å². The number of nitrogens with zero attached hydrogens (tertiary/aromatic N) is 1. The van der Waals surface area contributed by atoms with E-state index in [0.29, 0.717) is 6.04 Å². The van der Waals surface area contributed by atoms with Gasteiger partial charge in [-0.15, -0.1) is 12.4 Å². The van der Waals surface area contributed by atoms with Crippen LogP contribution in [-0.4, -0.2) is 24.1 Å². The van der Waals surface area contributed by atoms with Crippen molar-refractivity contribution in [2.75, 3.05) is 13.2 Å². The van der Waals surface area contributed by atoms with Crippen LogP contribution in [0.15, 0.2) is 78.9 Å². The molecular formula is C27H30ClNO. The van der Waals surface area contributed by atoms with Crippen molar-refractivity contribution in [3.05, 3.63) is 95.6 Å². The number of benzene rings is 3. The third-order valence-electron chi connectivity index (χ3n) is 5.54. The summed E-state index contributed by atoms with van der Waals surface area (Å²) in [5.74, 6) is 1.06. The van der Waals surface area contributed by atoms with Crippen molar-refractivity contribution in [2.24, 2.45) is 0 Å². The summed E-state index contributed by atoms with van der Waals surface area (Å²) in [7, 11) is 0. The van der Waals surface area contributed by atoms with E-state index in [1.54, 1.807) is 0 Å². The Bertz CT molecular complexity index is 964. The molecule has 0 atom stereocenters. The molecule has 3 heteroatoms. The normalized spacial score (nSPS) is 12.8. The summed E-state index contributed by atoms with van der Waals surface area (Å²) in [6.07, 6.45) is 5.53. The molecule has 0 spiro atoms. The zero-order valence-corrected chi connectivity index (χ0v) is 18.6. The van der Waals surface area contributed by atoms with E-state index in [1.165, 1.54) is 27.8 Å². The van der Waals surface area contributed by atoms with Gasteiger partial charge in [-0.2, -0.15) is 0 Å². The SMILES string of the molecule is CC(C)N(C/C=C/c1ccc(-c2ccccc2)cc1)Cc1ccc2c(c1)CCO2.Cl. The molecule has 0 saturated heterocycles. The molecule has 3 aromatic carbocycles. The molecule has 1 aliphatic heterocycles. The monoisotopic (exact) mass is 419 g/mol. The van der Waals surface area contributed by atoms with E-state index in [1.807, 2.05) is 0 Å². The molecule has 0 aromatic heterocycles. The van der Waals surface area contributed by atoms with Crippen molar-refractivity contribution in [1.29, 1.82) is 0 Å². The molecule has 0 amide bonds. The van der Waals surface area contributed by atoms with E-state index < -0.39 is 0 Å². The number of ether oxygens (including phenoxy) is 1. The summed E-state index contributed by atoms with van der Waals surface area (Å²) in [4.78, 5) is 2.49. The van der Waals surface area contributed by atoms with E-state index in [4.69, 9.17) is 4.74 Å². The molecule has 0 bridgehead atoms. The first-order valence-electron chi connectivity index (χ1n) is 10.5. The Morgan fingerprint density at radius 3 is 2.40 bits per heavy atom. The maximum atomic E-state index is 5.63. The van der Waals surface area contributed by atoms with Gasteiger partial charge in [0, 0.05) is 25.6 Å². The van der Waals surface area contributed by atoms with Gasteiger partial charge >= 0.3 is 0 Å². The molecule has 0 unspecified atom stereocenters. The Labute approximate surface area is 186 Å². The molecule has 1 heterocycles. The summed E-state index contributed by atoms with van der Waals surface area (Å²) in [6.45, 7) is 7.24. The first-order chi connectivity index (χ1) is 14.2. The molecule has 3 aromatic rings. The average molecular weight is 420 g/mol. The summed E-state index contributed by atoms with van der Waals surface area (Å²) in [5.41, 5.74) is 6.47. The van der Waals surface area contributed by atoms with Crippen LogP contribution in [0.25, 0.3) is 17.2 Å². The maximum absolute atomic E-state index is 5.63. The first kappa shape index (κ1) is 22.1. The van der Waals surface area contributed by atoms with E-state index in [0.717, 1.165) is 31.9 Å². The first-order valence-corrected chi connectivity index (χ1v) is 10.5. The smallest absolute Gasteiger partial charge is 0.122 e. The average Bonchev–Trinajstić information content (AvgIpc) is 3.22. The molecular weight excluding hydrogens is 390 g/mol. The molecule has 4 rings (SSSR count). The van der Waals surface area contributed by atoms with Gasteiger partial charge in [0.15, 0.2) is 0 Å². The summed E-state index contributed by atoms with van der Waals surface area (Å²) < 4.78 is 5.63. The van der Waals surface area contributed by atoms with Gasteiger partial charge in [-0.05, 0) is 47.7 Å². The zero-order chi connectivity index (χ0) is 20.1. The second-order valence-corrected chi connectivity index (χ2v) is 7.95. The molecule has 156 valence electrons. The van der Waals surface area contributed by atoms with E-state index >= 15 is 0 Å². The minimum atomic E-state index is 0. The van der Waals surface area contributed by atoms with Crippen LogP contribution >= 0.6 is 12.4 Å². The number of rotatable bonds is 7. The van der Waals surface area contributed by atoms with Crippen molar-refractivity contribution in [3.63, 3.8) is 0 Å². The van der Waals surface area contributed by atoms with Crippen LogP contribution < -0.4 is 4.74 Å². The summed E-state index contributed by atoms with van der Waals surface area (Å²) in [6, 6.07) is 26.4. The van der Waals surface area contributed by atoms with Crippen LogP contribution in [0.2, 0.25) is 0 Å². The van der Waals surface area contributed by atoms with E-state index in [9.17, 15) is 0 Å². The van der Waals surface area contributed by atoms with Crippen molar-refractivity contribution in [1.82, 2.24) is 4.90 Å². The lowest BCUT2D eigenvalue weighted by Crippen LogP contribution is -2.30. The van der Waals surface area contributed by atoms with Gasteiger partial charge in [0.2, 0.25) is 0 Å². The van der Waals surface area contributed by atoms with Crippen LogP contribution in [-0.2, 0) is 13.0 Å². The highest BCUT2D eigenvalue weighted by Crippen LogP contribution is 2.26. The van der Waals surface area contributed by atoms with Gasteiger partial charge < -0.3 is 4.74 Å². The van der Waals surface area contributed by atoms with Crippen molar-refractivity contribution in [3.8, 4) is 16.9 Å². The molecule has 0 saturated carbocycles. The molecule has 0 aliphatic carbocycles. The highest BCUT2D eigenvalue weighted by Gasteiger charge is 2.14. The topological polar surface area (TPSA) is 12.5 Å². The van der Waals surface area contributed by atoms with Gasteiger partial charge in [0.05, 0.1) is 6.61 Å². The number of fused-ring (bicyclic) bond motifs is 1. The van der Waals surface area contributed by atoms with Gasteiger partial charge in [-0.25, -0.2) is 0 Å². The Hall–Kier alpha value is -2.55. The summed E-state index contributed by atoms with van der Waals surface area (Å²) >= 11 is 0. The molecule has 30 heavy (non-hydrogen) atoms. The van der Waals surface area contributed by atoms with Crippen LogP contribution in [0.3, 0.4) is 0 Å². The molecule has 1 aliphatic rings. The predicted molar refractivity (Wildman–Crippen MR) is 129 cm³/mol. The molecule has 0 fully saturated rings. The van der Waals surface area contributed by atoms with Gasteiger partial charge in [0.1, 0.15) is 5.75 Å². The minimum Gasteiger partial charge on any atom is -0.493 e. The zero-order valence-electron chi connectivity index (χ0n) is 17.8. The lowest BCUT2D eigenvalue weighted by molar-refractivity contribution is 0.237. The Morgan fingerprint density at radius 2 is 1.67 bits per heavy atom. The quantitative estimate of drug-likeness (QED) is 0.426. The highest BCUT2D eigenvalue weighted by atomic mass is 35.5. The van der Waals surface area contributed by atoms with Crippen LogP contribution in [0.1, 0.15) is 30.5 Å². The molecule has 0 N–H and O–H groups in total. The Balaban J connectivity index is 0.00000256. The second-order valence-electron chi connectivity index (χ2n) is 7.95. The Morgan fingerprint density at radius 1 is 0.933 bits per heavy atom.